The van der Waals surface area contributed by atoms with Crippen LogP contribution in [0.5, 0.6) is 5.75 Å². The number of carbonyl (C=O) groups is 2. The van der Waals surface area contributed by atoms with Crippen molar-refractivity contribution in [3.8, 4) is 5.75 Å². The summed E-state index contributed by atoms with van der Waals surface area (Å²) in [5.74, 6) is -1.23. The molecule has 176 valence electrons. The molecule has 0 saturated heterocycles. The van der Waals surface area contributed by atoms with Gasteiger partial charge in [0.1, 0.15) is 0 Å². The van der Waals surface area contributed by atoms with E-state index in [2.05, 4.69) is 0 Å². The molecule has 0 fully saturated rings. The number of nitrogens with zero attached hydrogens (tertiary/aromatic N) is 1. The minimum atomic E-state index is -0.786. The monoisotopic (exact) mass is 487 g/mol. The molecule has 1 aliphatic heterocycles. The lowest BCUT2D eigenvalue weighted by Crippen LogP contribution is -2.33. The van der Waals surface area contributed by atoms with E-state index in [0.717, 1.165) is 5.56 Å². The van der Waals surface area contributed by atoms with E-state index in [1.54, 1.807) is 48.5 Å². The molecular formula is C28H22ClNO5. The molecule has 0 spiro atoms. The zero-order valence-corrected chi connectivity index (χ0v) is 19.7. The van der Waals surface area contributed by atoms with Crippen molar-refractivity contribution in [2.24, 2.45) is 0 Å². The number of hydrogen-bond acceptors (Lipinski definition) is 5. The fourth-order valence-corrected chi connectivity index (χ4v) is 4.57. The van der Waals surface area contributed by atoms with Crippen LogP contribution in [0.1, 0.15) is 27.7 Å². The van der Waals surface area contributed by atoms with Gasteiger partial charge < -0.3 is 19.2 Å². The number of ether oxygens (including phenoxy) is 1. The Morgan fingerprint density at radius 2 is 1.80 bits per heavy atom. The van der Waals surface area contributed by atoms with Gasteiger partial charge in [-0.25, -0.2) is 0 Å². The van der Waals surface area contributed by atoms with Crippen molar-refractivity contribution in [1.82, 2.24) is 4.90 Å². The van der Waals surface area contributed by atoms with Gasteiger partial charge in [-0.1, -0.05) is 66.2 Å². The number of ketones is 1. The lowest BCUT2D eigenvalue weighted by atomic mass is 9.95. The number of hydrogen-bond donors (Lipinski definition) is 1. The third-order valence-corrected chi connectivity index (χ3v) is 6.42. The second kappa shape index (κ2) is 9.31. The topological polar surface area (TPSA) is 80.0 Å². The van der Waals surface area contributed by atoms with Gasteiger partial charge in [0.05, 0.1) is 18.7 Å². The van der Waals surface area contributed by atoms with Gasteiger partial charge in [-0.3, -0.25) is 9.59 Å². The van der Waals surface area contributed by atoms with Crippen molar-refractivity contribution in [2.45, 2.75) is 12.5 Å². The summed E-state index contributed by atoms with van der Waals surface area (Å²) in [4.78, 5) is 28.4. The van der Waals surface area contributed by atoms with E-state index in [-0.39, 0.29) is 11.3 Å². The van der Waals surface area contributed by atoms with Crippen LogP contribution >= 0.6 is 11.6 Å². The third kappa shape index (κ3) is 4.17. The standard InChI is InChI=1S/C28H22ClNO5/c1-34-21-9-5-8-19-16-22(35-27(19)21)25(31)23-24(18-10-12-20(29)13-11-18)30(28(33)26(23)32)15-14-17-6-3-2-4-7-17/h2-13,16,24,32H,14-15H2,1H3. The Kier molecular flexibility index (Phi) is 6.05. The van der Waals surface area contributed by atoms with E-state index >= 15 is 0 Å². The van der Waals surface area contributed by atoms with Crippen LogP contribution in [0.3, 0.4) is 0 Å². The maximum absolute atomic E-state index is 13.7. The number of benzene rings is 3. The zero-order valence-electron chi connectivity index (χ0n) is 18.9. The van der Waals surface area contributed by atoms with Gasteiger partial charge >= 0.3 is 0 Å². The molecule has 1 aromatic heterocycles. The highest BCUT2D eigenvalue weighted by molar-refractivity contribution is 6.30. The van der Waals surface area contributed by atoms with E-state index < -0.39 is 23.5 Å². The van der Waals surface area contributed by atoms with Crippen molar-refractivity contribution >= 4 is 34.3 Å². The molecule has 4 aromatic rings. The minimum absolute atomic E-state index is 0.0164. The Bertz CT molecular complexity index is 1440. The maximum atomic E-state index is 13.7. The number of fused-ring (bicyclic) bond motifs is 1. The fourth-order valence-electron chi connectivity index (χ4n) is 4.44. The quantitative estimate of drug-likeness (QED) is 0.327. The first-order valence-electron chi connectivity index (χ1n) is 11.1. The zero-order chi connectivity index (χ0) is 24.5. The van der Waals surface area contributed by atoms with Crippen LogP contribution in [-0.4, -0.2) is 35.4 Å². The second-order valence-corrected chi connectivity index (χ2v) is 8.71. The molecule has 1 N–H and O–H groups in total. The Morgan fingerprint density at radius 3 is 2.51 bits per heavy atom. The molecule has 0 bridgehead atoms. The van der Waals surface area contributed by atoms with Crippen molar-refractivity contribution in [3.05, 3.63) is 112 Å². The van der Waals surface area contributed by atoms with Crippen LogP contribution < -0.4 is 4.74 Å². The molecule has 3 aromatic carbocycles. The SMILES string of the molecule is COc1cccc2cc(C(=O)C3=C(O)C(=O)N(CCc4ccccc4)C3c3ccc(Cl)cc3)oc12. The number of methoxy groups -OCH3 is 1. The van der Waals surface area contributed by atoms with E-state index in [1.165, 1.54) is 12.0 Å². The van der Waals surface area contributed by atoms with E-state index in [4.69, 9.17) is 20.8 Å². The highest BCUT2D eigenvalue weighted by Crippen LogP contribution is 2.40. The summed E-state index contributed by atoms with van der Waals surface area (Å²) in [6, 6.07) is 22.8. The van der Waals surface area contributed by atoms with Crippen molar-refractivity contribution in [1.29, 1.82) is 0 Å². The lowest BCUT2D eigenvalue weighted by molar-refractivity contribution is -0.129. The number of rotatable bonds is 7. The fraction of sp³-hybridized carbons (Fsp3) is 0.143. The summed E-state index contributed by atoms with van der Waals surface area (Å²) in [5, 5.41) is 12.1. The number of carbonyl (C=O) groups excluding carboxylic acids is 2. The second-order valence-electron chi connectivity index (χ2n) is 8.27. The van der Waals surface area contributed by atoms with Crippen LogP contribution in [0.2, 0.25) is 5.02 Å². The number of aliphatic hydroxyl groups is 1. The van der Waals surface area contributed by atoms with Crippen molar-refractivity contribution < 1.29 is 23.8 Å². The Labute approximate surface area is 207 Å². The van der Waals surface area contributed by atoms with Gasteiger partial charge in [-0.2, -0.15) is 0 Å². The molecule has 7 heteroatoms. The summed E-state index contributed by atoms with van der Waals surface area (Å²) >= 11 is 6.09. The maximum Gasteiger partial charge on any atom is 0.290 e. The third-order valence-electron chi connectivity index (χ3n) is 6.17. The molecule has 0 radical (unpaired) electrons. The predicted octanol–water partition coefficient (Wildman–Crippen LogP) is 5.92. The first-order valence-corrected chi connectivity index (χ1v) is 11.5. The number of aliphatic hydroxyl groups excluding tert-OH is 1. The normalized spacial score (nSPS) is 15.8. The Morgan fingerprint density at radius 1 is 1.06 bits per heavy atom. The largest absolute Gasteiger partial charge is 0.503 e. The molecule has 0 aliphatic carbocycles. The number of para-hydroxylation sites is 1. The summed E-state index contributed by atoms with van der Waals surface area (Å²) in [6.07, 6.45) is 0.563. The van der Waals surface area contributed by atoms with E-state index in [1.807, 2.05) is 30.3 Å². The number of amides is 1. The Hall–Kier alpha value is -4.03. The molecule has 0 saturated carbocycles. The smallest absolute Gasteiger partial charge is 0.290 e. The molecule has 1 unspecified atom stereocenters. The average molecular weight is 488 g/mol. The van der Waals surface area contributed by atoms with Gasteiger partial charge in [0.2, 0.25) is 5.78 Å². The van der Waals surface area contributed by atoms with Crippen LogP contribution in [0.25, 0.3) is 11.0 Å². The number of furan rings is 1. The first-order chi connectivity index (χ1) is 17.0. The first kappa shape index (κ1) is 22.7. The lowest BCUT2D eigenvalue weighted by Gasteiger charge is -2.26. The van der Waals surface area contributed by atoms with E-state index in [0.29, 0.717) is 40.3 Å². The summed E-state index contributed by atoms with van der Waals surface area (Å²) in [7, 11) is 1.52. The summed E-state index contributed by atoms with van der Waals surface area (Å²) in [5.41, 5.74) is 2.10. The van der Waals surface area contributed by atoms with Gasteiger partial charge in [0, 0.05) is 17.0 Å². The molecule has 1 amide bonds. The van der Waals surface area contributed by atoms with Gasteiger partial charge in [0.15, 0.2) is 22.9 Å². The summed E-state index contributed by atoms with van der Waals surface area (Å²) in [6.45, 7) is 0.310. The van der Waals surface area contributed by atoms with Gasteiger partial charge in [-0.15, -0.1) is 0 Å². The molecule has 2 heterocycles. The number of halogens is 1. The molecule has 1 aliphatic rings. The molecular weight excluding hydrogens is 466 g/mol. The predicted molar refractivity (Wildman–Crippen MR) is 133 cm³/mol. The minimum Gasteiger partial charge on any atom is -0.503 e. The molecule has 35 heavy (non-hydrogen) atoms. The average Bonchev–Trinajstić information content (AvgIpc) is 3.43. The summed E-state index contributed by atoms with van der Waals surface area (Å²) < 4.78 is 11.2. The van der Waals surface area contributed by atoms with Crippen LogP contribution in [0.4, 0.5) is 0 Å². The molecule has 5 rings (SSSR count). The van der Waals surface area contributed by atoms with E-state index in [9.17, 15) is 14.7 Å². The Balaban J connectivity index is 1.55. The van der Waals surface area contributed by atoms with Crippen LogP contribution in [-0.2, 0) is 11.2 Å². The van der Waals surface area contributed by atoms with Crippen LogP contribution in [0.15, 0.2) is 94.6 Å². The molecule has 1 atom stereocenters. The number of Topliss-reactive ketones (excluding diaryl/α,β-unsaturated/α-hetero) is 1. The van der Waals surface area contributed by atoms with Gasteiger partial charge in [-0.05, 0) is 41.8 Å². The molecule has 6 nitrogen and oxygen atoms in total. The highest BCUT2D eigenvalue weighted by atomic mass is 35.5. The van der Waals surface area contributed by atoms with Crippen molar-refractivity contribution in [2.75, 3.05) is 13.7 Å². The van der Waals surface area contributed by atoms with Crippen molar-refractivity contribution in [3.63, 3.8) is 0 Å². The van der Waals surface area contributed by atoms with Crippen LogP contribution in [0, 0.1) is 0 Å². The van der Waals surface area contributed by atoms with Gasteiger partial charge in [0.25, 0.3) is 5.91 Å². The highest BCUT2D eigenvalue weighted by Gasteiger charge is 2.44.